The molecule has 0 amide bonds. The molecule has 5 rings (SSSR count). The molecule has 2 heterocycles. The minimum Gasteiger partial charge on any atom is -0.261 e. The molecule has 0 fully saturated rings. The second-order valence-corrected chi connectivity index (χ2v) is 11.4. The molecular weight excluding hydrogens is 653 g/mol. The van der Waals surface area contributed by atoms with Crippen LogP contribution in [0.15, 0.2) is 121 Å². The molecule has 0 aliphatic carbocycles. The Kier molecular flexibility index (Phi) is 15.1. The number of hydrogen-bond acceptors (Lipinski definition) is 1. The van der Waals surface area contributed by atoms with Crippen LogP contribution in [0.25, 0.3) is 21.7 Å². The number of aryl methyl sites for hydroxylation is 1. The van der Waals surface area contributed by atoms with Gasteiger partial charge in [-0.3, -0.25) is 4.98 Å². The smallest absolute Gasteiger partial charge is 0.0483 e. The van der Waals surface area contributed by atoms with Crippen molar-refractivity contribution < 1.29 is 34.6 Å². The van der Waals surface area contributed by atoms with Crippen molar-refractivity contribution in [3.8, 4) is 21.7 Å². The van der Waals surface area contributed by atoms with Crippen LogP contribution in [-0.2, 0) is 23.5 Å². The van der Waals surface area contributed by atoms with E-state index in [1.54, 1.807) is 0 Å². The van der Waals surface area contributed by atoms with E-state index in [-0.39, 0.29) is 0 Å². The van der Waals surface area contributed by atoms with Crippen LogP contribution in [0.1, 0.15) is 36.6 Å². The predicted octanol–water partition coefficient (Wildman–Crippen LogP) is 11.6. The summed E-state index contributed by atoms with van der Waals surface area (Å²) in [6.45, 7) is 6.54. The van der Waals surface area contributed by atoms with Gasteiger partial charge in [-0.15, -0.1) is 7.53 Å². The molecule has 0 saturated carbocycles. The van der Waals surface area contributed by atoms with Crippen LogP contribution in [0.5, 0.6) is 0 Å². The van der Waals surface area contributed by atoms with Crippen LogP contribution in [0.2, 0.25) is 0 Å². The molecule has 5 aromatic rings. The third-order valence-corrected chi connectivity index (χ3v) is 8.53. The van der Waals surface area contributed by atoms with E-state index in [1.165, 1.54) is 32.8 Å². The monoisotopic (exact) mass is 685 g/mol. The molecule has 0 bridgehead atoms. The maximum Gasteiger partial charge on any atom is 0.0483 e. The van der Waals surface area contributed by atoms with Gasteiger partial charge in [0.05, 0.1) is 0 Å². The largest absolute Gasteiger partial charge is 0.261 e. The van der Waals surface area contributed by atoms with Crippen molar-refractivity contribution >= 4 is 24.5 Å². The van der Waals surface area contributed by atoms with Crippen LogP contribution in [0, 0.1) is 6.92 Å². The van der Waals surface area contributed by atoms with Gasteiger partial charge in [-0.1, -0.05) is 110 Å². The van der Waals surface area contributed by atoms with Crippen molar-refractivity contribution in [2.45, 2.75) is 32.9 Å². The first kappa shape index (κ1) is 34.5. The molecule has 0 aliphatic heterocycles. The number of rotatable bonds is 5. The van der Waals surface area contributed by atoms with Crippen molar-refractivity contribution in [3.05, 3.63) is 138 Å². The fourth-order valence-corrected chi connectivity index (χ4v) is 6.51. The van der Waals surface area contributed by atoms with Crippen LogP contribution < -0.4 is 0 Å². The second-order valence-electron chi connectivity index (χ2n) is 9.30. The van der Waals surface area contributed by atoms with Gasteiger partial charge in [0, 0.05) is 28.6 Å². The number of hydrogen-bond donors (Lipinski definition) is 0. The number of aromatic nitrogens is 1. The number of pyridine rings is 1. The summed E-state index contributed by atoms with van der Waals surface area (Å²) in [6, 6.07) is 40.9. The molecule has 2 aromatic heterocycles. The Bertz CT molecular complexity index is 1340. The Labute approximate surface area is 255 Å². The Morgan fingerprint density at radius 3 is 1.51 bits per heavy atom. The first-order chi connectivity index (χ1) is 19.6. The second kappa shape index (κ2) is 18.0. The summed E-state index contributed by atoms with van der Waals surface area (Å²) in [5, 5.41) is 2.88. The quantitative estimate of drug-likeness (QED) is 0.133. The maximum absolute atomic E-state index is 9.75. The van der Waals surface area contributed by atoms with Crippen molar-refractivity contribution in [2.75, 3.05) is 0 Å². The van der Waals surface area contributed by atoms with E-state index < -0.39 is 14.8 Å². The Morgan fingerprint density at radius 1 is 0.683 bits per heavy atom. The summed E-state index contributed by atoms with van der Waals surface area (Å²) in [6.07, 6.45) is 2.87. The van der Waals surface area contributed by atoms with Gasteiger partial charge in [0.1, 0.15) is 0 Å². The number of halogens is 5. The maximum atomic E-state index is 9.75. The molecule has 3 aromatic carbocycles. The van der Waals surface area contributed by atoms with Gasteiger partial charge in [0.15, 0.2) is 0 Å². The topological polar surface area (TPSA) is 12.9 Å². The van der Waals surface area contributed by atoms with Crippen molar-refractivity contribution in [1.29, 1.82) is 0 Å². The Morgan fingerprint density at radius 2 is 1.12 bits per heavy atom. The van der Waals surface area contributed by atoms with Gasteiger partial charge >= 0.3 is 34.3 Å². The van der Waals surface area contributed by atoms with E-state index in [2.05, 4.69) is 145 Å². The van der Waals surface area contributed by atoms with Gasteiger partial charge in [-0.2, -0.15) is 0 Å². The zero-order valence-corrected chi connectivity index (χ0v) is 26.4. The van der Waals surface area contributed by atoms with Crippen molar-refractivity contribution in [3.63, 3.8) is 0 Å². The SMILES string of the molecule is Cc1ccc(C(C)C)cc1.F[B-](F)(F)F.[Cl][Ru+].c1ccc(-c2ccc(-c3ccccc3)p2Cc2ccccn2)cc1. The zero-order valence-electron chi connectivity index (χ0n) is 23.0. The van der Waals surface area contributed by atoms with E-state index in [0.717, 1.165) is 11.9 Å². The standard InChI is InChI=1S/C22H18NP.C10H14.BF4.ClH.Ru/c1-3-9-18(10-4-1)21-14-15-22(19-11-5-2-6-12-19)24(21)17-20-13-7-8-16-23-20;1-8(2)10-6-4-9(3)5-7-10;2-1(3,4)5;;/h1-16H,17H2;4-8H,1-3H3;;1H;/q;;-1;;+2/p-1. The van der Waals surface area contributed by atoms with Gasteiger partial charge in [-0.05, 0) is 53.8 Å². The zero-order chi connectivity index (χ0) is 30.3. The van der Waals surface area contributed by atoms with Crippen LogP contribution in [0.4, 0.5) is 17.3 Å². The minimum absolute atomic E-state index is 0.441. The molecule has 0 atom stereocenters. The molecule has 0 radical (unpaired) electrons. The molecule has 0 N–H and O–H groups in total. The predicted molar refractivity (Wildman–Crippen MR) is 165 cm³/mol. The van der Waals surface area contributed by atoms with Crippen LogP contribution >= 0.6 is 17.2 Å². The summed E-state index contributed by atoms with van der Waals surface area (Å²) in [5.41, 5.74) is 6.56. The molecular formula is C32H32BClF4NPRu. The van der Waals surface area contributed by atoms with Crippen molar-refractivity contribution in [2.24, 2.45) is 0 Å². The number of benzene rings is 3. The summed E-state index contributed by atoms with van der Waals surface area (Å²) in [7, 11) is -1.87. The van der Waals surface area contributed by atoms with Gasteiger partial charge in [-0.25, -0.2) is 0 Å². The molecule has 0 aliphatic rings. The summed E-state index contributed by atoms with van der Waals surface area (Å²) >= 11 is 1.82. The summed E-state index contributed by atoms with van der Waals surface area (Å²) < 4.78 is 39.0. The summed E-state index contributed by atoms with van der Waals surface area (Å²) in [4.78, 5) is 4.56. The van der Waals surface area contributed by atoms with Crippen LogP contribution in [0.3, 0.4) is 0 Å². The molecule has 41 heavy (non-hydrogen) atoms. The minimum atomic E-state index is -6.00. The molecule has 0 unspecified atom stereocenters. The average Bonchev–Trinajstić information content (AvgIpc) is 3.39. The summed E-state index contributed by atoms with van der Waals surface area (Å²) in [5.74, 6) is 0.653. The molecule has 216 valence electrons. The average molecular weight is 685 g/mol. The van der Waals surface area contributed by atoms with Crippen molar-refractivity contribution in [1.82, 2.24) is 4.98 Å². The van der Waals surface area contributed by atoms with Gasteiger partial charge in [0.25, 0.3) is 0 Å². The van der Waals surface area contributed by atoms with Gasteiger partial charge in [0.2, 0.25) is 0 Å². The van der Waals surface area contributed by atoms with E-state index >= 15 is 0 Å². The van der Waals surface area contributed by atoms with Crippen LogP contribution in [-0.4, -0.2) is 12.2 Å². The van der Waals surface area contributed by atoms with E-state index in [1.807, 2.05) is 29.6 Å². The van der Waals surface area contributed by atoms with Gasteiger partial charge < -0.3 is 17.3 Å². The molecule has 0 saturated heterocycles. The first-order valence-corrected chi connectivity index (χ1v) is 16.7. The normalized spacial score (nSPS) is 10.4. The fourth-order valence-electron chi connectivity index (χ4n) is 3.96. The fraction of sp³-hybridized carbons (Fsp3) is 0.156. The Hall–Kier alpha value is -2.71. The first-order valence-electron chi connectivity index (χ1n) is 12.9. The third-order valence-electron chi connectivity index (χ3n) is 5.91. The molecule has 1 nitrogen and oxygen atoms in total. The van der Waals surface area contributed by atoms with E-state index in [9.17, 15) is 17.3 Å². The van der Waals surface area contributed by atoms with E-state index in [4.69, 9.17) is 0 Å². The Balaban J connectivity index is 0.000000287. The molecule has 0 spiro atoms. The molecule has 9 heteroatoms. The van der Waals surface area contributed by atoms with E-state index in [0.29, 0.717) is 5.92 Å². The third kappa shape index (κ3) is 12.8. The number of nitrogens with zero attached hydrogens (tertiary/aromatic N) is 1.